The number of urea groups is 1. The fourth-order valence-corrected chi connectivity index (χ4v) is 2.78. The zero-order valence-electron chi connectivity index (χ0n) is 15.2. The van der Waals surface area contributed by atoms with Gasteiger partial charge in [0, 0.05) is 18.7 Å². The lowest BCUT2D eigenvalue weighted by Crippen LogP contribution is -2.46. The molecule has 6 heteroatoms. The highest BCUT2D eigenvalue weighted by Crippen LogP contribution is 2.22. The van der Waals surface area contributed by atoms with E-state index in [1.54, 1.807) is 18.2 Å². The van der Waals surface area contributed by atoms with Gasteiger partial charge in [0.25, 0.3) is 5.91 Å². The average Bonchev–Trinajstić information content (AvgIpc) is 2.57. The quantitative estimate of drug-likeness (QED) is 0.687. The molecule has 1 aliphatic carbocycles. The van der Waals surface area contributed by atoms with Crippen molar-refractivity contribution in [3.63, 3.8) is 0 Å². The third-order valence-electron chi connectivity index (χ3n) is 4.33. The molecule has 0 saturated heterocycles. The van der Waals surface area contributed by atoms with Crippen LogP contribution in [0.1, 0.15) is 46.5 Å². The van der Waals surface area contributed by atoms with E-state index in [1.807, 2.05) is 0 Å². The Kier molecular flexibility index (Phi) is 6.67. The number of imide groups is 1. The molecular formula is C19H27N3O3. The van der Waals surface area contributed by atoms with Gasteiger partial charge in [-0.2, -0.15) is 4.99 Å². The predicted octanol–water partition coefficient (Wildman–Crippen LogP) is 2.85. The molecule has 0 bridgehead atoms. The van der Waals surface area contributed by atoms with Gasteiger partial charge < -0.3 is 5.32 Å². The smallest absolute Gasteiger partial charge is 0.350 e. The number of amides is 4. The van der Waals surface area contributed by atoms with Crippen molar-refractivity contribution in [2.24, 2.45) is 16.8 Å². The van der Waals surface area contributed by atoms with E-state index in [0.717, 1.165) is 25.7 Å². The Morgan fingerprint density at radius 2 is 2.08 bits per heavy atom. The maximum absolute atomic E-state index is 12.5. The Bertz CT molecular complexity index is 632. The number of rotatable bonds is 8. The number of unbranched alkanes of at least 4 members (excludes halogenated alkanes) is 2. The van der Waals surface area contributed by atoms with E-state index in [4.69, 9.17) is 0 Å². The van der Waals surface area contributed by atoms with Crippen molar-refractivity contribution in [2.45, 2.75) is 46.5 Å². The molecule has 0 aromatic carbocycles. The lowest BCUT2D eigenvalue weighted by atomic mass is 9.91. The predicted molar refractivity (Wildman–Crippen MR) is 97.2 cm³/mol. The summed E-state index contributed by atoms with van der Waals surface area (Å²) in [7, 11) is 0. The molecule has 0 aromatic heterocycles. The van der Waals surface area contributed by atoms with Crippen molar-refractivity contribution in [3.05, 3.63) is 23.8 Å². The fraction of sp³-hybridized carbons (Fsp3) is 0.579. The second-order valence-corrected chi connectivity index (χ2v) is 6.89. The monoisotopic (exact) mass is 345 g/mol. The van der Waals surface area contributed by atoms with Crippen LogP contribution in [0, 0.1) is 11.8 Å². The summed E-state index contributed by atoms with van der Waals surface area (Å²) in [6, 6.07) is -0.529. The standard InChI is InChI=1S/C19H27N3O3/c1-4-5-6-11-22-18(24)15-8-7-14(12-16(15)21-19(22)25)17(23)20-10-9-13(2)3/h7-8,12-13,15H,4-6,9-11H2,1-3H3,(H,20,23). The summed E-state index contributed by atoms with van der Waals surface area (Å²) in [6.07, 6.45) is 8.53. The third kappa shape index (κ3) is 4.87. The van der Waals surface area contributed by atoms with Crippen molar-refractivity contribution in [3.8, 4) is 0 Å². The van der Waals surface area contributed by atoms with E-state index < -0.39 is 11.9 Å². The molecule has 4 amide bonds. The normalized spacial score (nSPS) is 19.7. The first kappa shape index (κ1) is 19.1. The molecule has 6 nitrogen and oxygen atoms in total. The summed E-state index contributed by atoms with van der Waals surface area (Å²) in [4.78, 5) is 42.1. The number of aliphatic imine (C=N–C) groups is 1. The number of fused-ring (bicyclic) bond motifs is 1. The molecule has 1 aliphatic heterocycles. The van der Waals surface area contributed by atoms with E-state index in [9.17, 15) is 14.4 Å². The van der Waals surface area contributed by atoms with Crippen molar-refractivity contribution in [2.75, 3.05) is 13.1 Å². The number of hydrogen-bond donors (Lipinski definition) is 1. The number of allylic oxidation sites excluding steroid dienone is 1. The number of nitrogens with zero attached hydrogens (tertiary/aromatic N) is 2. The molecule has 1 N–H and O–H groups in total. The molecule has 2 rings (SSSR count). The first-order valence-corrected chi connectivity index (χ1v) is 9.06. The summed E-state index contributed by atoms with van der Waals surface area (Å²) in [6.45, 7) is 7.26. The molecule has 0 radical (unpaired) electrons. The molecule has 0 aromatic rings. The molecule has 1 unspecified atom stereocenters. The lowest BCUT2D eigenvalue weighted by Gasteiger charge is -2.29. The van der Waals surface area contributed by atoms with Gasteiger partial charge in [-0.3, -0.25) is 14.5 Å². The first-order valence-electron chi connectivity index (χ1n) is 9.06. The zero-order valence-corrected chi connectivity index (χ0v) is 15.2. The van der Waals surface area contributed by atoms with Crippen LogP contribution in [0.2, 0.25) is 0 Å². The second-order valence-electron chi connectivity index (χ2n) is 6.89. The highest BCUT2D eigenvalue weighted by Gasteiger charge is 2.36. The Balaban J connectivity index is 2.05. The number of hydrogen-bond acceptors (Lipinski definition) is 3. The summed E-state index contributed by atoms with van der Waals surface area (Å²) in [5, 5.41) is 2.85. The van der Waals surface area contributed by atoms with Crippen LogP contribution in [0.15, 0.2) is 28.8 Å². The molecule has 0 fully saturated rings. The molecule has 136 valence electrons. The van der Waals surface area contributed by atoms with Gasteiger partial charge in [0.05, 0.1) is 11.6 Å². The van der Waals surface area contributed by atoms with Gasteiger partial charge in [-0.05, 0) is 24.8 Å². The topological polar surface area (TPSA) is 78.8 Å². The van der Waals surface area contributed by atoms with Crippen LogP contribution in [0.25, 0.3) is 0 Å². The maximum Gasteiger partial charge on any atom is 0.350 e. The van der Waals surface area contributed by atoms with E-state index in [1.165, 1.54) is 4.90 Å². The minimum absolute atomic E-state index is 0.205. The minimum Gasteiger partial charge on any atom is -0.352 e. The molecule has 2 aliphatic rings. The highest BCUT2D eigenvalue weighted by molar-refractivity contribution is 6.23. The van der Waals surface area contributed by atoms with Crippen LogP contribution in [0.3, 0.4) is 0 Å². The minimum atomic E-state index is -0.563. The van der Waals surface area contributed by atoms with Gasteiger partial charge in [0.15, 0.2) is 0 Å². The molecular weight excluding hydrogens is 318 g/mol. The number of carbonyl (C=O) groups is 3. The van der Waals surface area contributed by atoms with Crippen LogP contribution < -0.4 is 5.32 Å². The van der Waals surface area contributed by atoms with Gasteiger partial charge in [0.2, 0.25) is 5.91 Å². The van der Waals surface area contributed by atoms with E-state index in [2.05, 4.69) is 31.1 Å². The molecule has 25 heavy (non-hydrogen) atoms. The summed E-state index contributed by atoms with van der Waals surface area (Å²) < 4.78 is 0. The third-order valence-corrected chi connectivity index (χ3v) is 4.33. The van der Waals surface area contributed by atoms with Crippen LogP contribution in [-0.2, 0) is 9.59 Å². The number of carbonyl (C=O) groups excluding carboxylic acids is 3. The van der Waals surface area contributed by atoms with Crippen LogP contribution in [0.4, 0.5) is 4.79 Å². The Hall–Kier alpha value is -2.24. The van der Waals surface area contributed by atoms with Crippen LogP contribution >= 0.6 is 0 Å². The summed E-state index contributed by atoms with van der Waals surface area (Å²) in [5.41, 5.74) is 0.789. The Labute approximate surface area is 149 Å². The molecule has 1 atom stereocenters. The number of nitrogens with one attached hydrogen (secondary N) is 1. The average molecular weight is 345 g/mol. The van der Waals surface area contributed by atoms with Gasteiger partial charge in [0.1, 0.15) is 0 Å². The SMILES string of the molecule is CCCCCN1C(=O)N=C2C=C(C(=O)NCCC(C)C)C=CC2C1=O. The first-order chi connectivity index (χ1) is 11.9. The lowest BCUT2D eigenvalue weighted by molar-refractivity contribution is -0.129. The maximum atomic E-state index is 12.5. The second kappa shape index (κ2) is 8.74. The van der Waals surface area contributed by atoms with Crippen LogP contribution in [0.5, 0.6) is 0 Å². The Morgan fingerprint density at radius 3 is 2.76 bits per heavy atom. The molecule has 1 heterocycles. The van der Waals surface area contributed by atoms with Crippen molar-refractivity contribution >= 4 is 23.6 Å². The summed E-state index contributed by atoms with van der Waals surface area (Å²) in [5.74, 6) is -0.509. The highest BCUT2D eigenvalue weighted by atomic mass is 16.2. The van der Waals surface area contributed by atoms with Gasteiger partial charge >= 0.3 is 6.03 Å². The molecule has 0 spiro atoms. The van der Waals surface area contributed by atoms with E-state index in [0.29, 0.717) is 30.3 Å². The zero-order chi connectivity index (χ0) is 18.4. The van der Waals surface area contributed by atoms with Gasteiger partial charge in [-0.25, -0.2) is 4.79 Å². The molecule has 0 saturated carbocycles. The largest absolute Gasteiger partial charge is 0.352 e. The van der Waals surface area contributed by atoms with Crippen molar-refractivity contribution in [1.82, 2.24) is 10.2 Å². The summed E-state index contributed by atoms with van der Waals surface area (Å²) >= 11 is 0. The fourth-order valence-electron chi connectivity index (χ4n) is 2.78. The van der Waals surface area contributed by atoms with Crippen LogP contribution in [-0.4, -0.2) is 41.5 Å². The van der Waals surface area contributed by atoms with E-state index >= 15 is 0 Å². The van der Waals surface area contributed by atoms with Gasteiger partial charge in [-0.1, -0.05) is 45.8 Å². The van der Waals surface area contributed by atoms with Crippen molar-refractivity contribution in [1.29, 1.82) is 0 Å². The van der Waals surface area contributed by atoms with Gasteiger partial charge in [-0.15, -0.1) is 0 Å². The Morgan fingerprint density at radius 1 is 1.32 bits per heavy atom. The van der Waals surface area contributed by atoms with Crippen molar-refractivity contribution < 1.29 is 14.4 Å². The van der Waals surface area contributed by atoms with E-state index in [-0.39, 0.29) is 11.8 Å².